The molecule has 27 heavy (non-hydrogen) atoms. The molecule has 1 amide bonds. The number of hydrogen-bond acceptors (Lipinski definition) is 2. The average Bonchev–Trinajstić information content (AvgIpc) is 3.34. The van der Waals surface area contributed by atoms with Gasteiger partial charge in [0.15, 0.2) is 0 Å². The van der Waals surface area contributed by atoms with Crippen LogP contribution in [-0.4, -0.2) is 29.9 Å². The highest BCUT2D eigenvalue weighted by Gasteiger charge is 2.43. The normalized spacial score (nSPS) is 22.0. The zero-order valence-corrected chi connectivity index (χ0v) is 15.7. The molecule has 142 valence electrons. The van der Waals surface area contributed by atoms with Crippen LogP contribution in [0.25, 0.3) is 0 Å². The van der Waals surface area contributed by atoms with E-state index in [1.54, 1.807) is 12.1 Å². The van der Waals surface area contributed by atoms with Crippen LogP contribution in [0.1, 0.15) is 43.2 Å². The zero-order chi connectivity index (χ0) is 18.7. The average molecular weight is 366 g/mol. The first-order valence-electron chi connectivity index (χ1n) is 9.99. The van der Waals surface area contributed by atoms with E-state index in [1.807, 2.05) is 6.07 Å². The van der Waals surface area contributed by atoms with Crippen LogP contribution in [0.2, 0.25) is 0 Å². The van der Waals surface area contributed by atoms with Crippen LogP contribution in [0.4, 0.5) is 4.39 Å². The van der Waals surface area contributed by atoms with Gasteiger partial charge in [-0.05, 0) is 42.5 Å². The molecule has 1 saturated heterocycles. The first kappa shape index (κ1) is 18.2. The van der Waals surface area contributed by atoms with Gasteiger partial charge in [0.05, 0.1) is 5.41 Å². The van der Waals surface area contributed by atoms with Gasteiger partial charge in [0, 0.05) is 25.7 Å². The number of hydrogen-bond donors (Lipinski definition) is 1. The summed E-state index contributed by atoms with van der Waals surface area (Å²) < 4.78 is 13.3. The Morgan fingerprint density at radius 1 is 1.07 bits per heavy atom. The first-order valence-corrected chi connectivity index (χ1v) is 9.99. The fourth-order valence-electron chi connectivity index (χ4n) is 4.65. The van der Waals surface area contributed by atoms with E-state index in [4.69, 9.17) is 0 Å². The van der Waals surface area contributed by atoms with Crippen molar-refractivity contribution >= 4 is 5.91 Å². The second-order valence-electron chi connectivity index (χ2n) is 7.98. The van der Waals surface area contributed by atoms with Crippen LogP contribution in [-0.2, 0) is 16.8 Å². The molecule has 0 aromatic heterocycles. The summed E-state index contributed by atoms with van der Waals surface area (Å²) in [6.07, 6.45) is 4.79. The highest BCUT2D eigenvalue weighted by Crippen LogP contribution is 2.41. The Balaban J connectivity index is 1.41. The zero-order valence-electron chi connectivity index (χ0n) is 15.7. The summed E-state index contributed by atoms with van der Waals surface area (Å²) in [5.74, 6) is -0.127. The lowest BCUT2D eigenvalue weighted by atomic mass is 9.77. The Kier molecular flexibility index (Phi) is 5.26. The van der Waals surface area contributed by atoms with E-state index in [-0.39, 0.29) is 17.8 Å². The number of carbonyl (C=O) groups is 1. The standard InChI is InChI=1S/C23H27FN2O/c24-20-10-8-19(9-11-20)23(13-4-5-14-23)22(27)25-21-12-15-26(17-21)16-18-6-2-1-3-7-18/h1-3,6-11,21H,4-5,12-17H2,(H,25,27)/t21-/m0/s1. The molecule has 1 atom stereocenters. The van der Waals surface area contributed by atoms with Gasteiger partial charge in [-0.1, -0.05) is 55.3 Å². The van der Waals surface area contributed by atoms with Gasteiger partial charge in [-0.2, -0.15) is 0 Å². The number of amides is 1. The van der Waals surface area contributed by atoms with E-state index >= 15 is 0 Å². The van der Waals surface area contributed by atoms with Gasteiger partial charge < -0.3 is 5.32 Å². The van der Waals surface area contributed by atoms with Crippen molar-refractivity contribution in [2.45, 2.75) is 50.1 Å². The van der Waals surface area contributed by atoms with Crippen molar-refractivity contribution in [3.05, 3.63) is 71.5 Å². The molecule has 0 unspecified atom stereocenters. The number of nitrogens with zero attached hydrogens (tertiary/aromatic N) is 1. The lowest BCUT2D eigenvalue weighted by Crippen LogP contribution is -2.47. The summed E-state index contributed by atoms with van der Waals surface area (Å²) >= 11 is 0. The molecule has 2 aromatic carbocycles. The first-order chi connectivity index (χ1) is 13.2. The van der Waals surface area contributed by atoms with Crippen molar-refractivity contribution in [2.24, 2.45) is 0 Å². The van der Waals surface area contributed by atoms with Gasteiger partial charge in [-0.25, -0.2) is 4.39 Å². The lowest BCUT2D eigenvalue weighted by molar-refractivity contribution is -0.127. The van der Waals surface area contributed by atoms with E-state index in [2.05, 4.69) is 34.5 Å². The number of nitrogens with one attached hydrogen (secondary N) is 1. The largest absolute Gasteiger partial charge is 0.351 e. The molecular weight excluding hydrogens is 339 g/mol. The maximum absolute atomic E-state index is 13.3. The van der Waals surface area contributed by atoms with E-state index in [0.717, 1.165) is 57.3 Å². The van der Waals surface area contributed by atoms with Gasteiger partial charge in [0.25, 0.3) is 0 Å². The van der Waals surface area contributed by atoms with Crippen LogP contribution in [0, 0.1) is 5.82 Å². The summed E-state index contributed by atoms with van der Waals surface area (Å²) in [6, 6.07) is 17.2. The van der Waals surface area contributed by atoms with Crippen molar-refractivity contribution in [3.63, 3.8) is 0 Å². The number of carbonyl (C=O) groups excluding carboxylic acids is 1. The molecule has 2 aliphatic rings. The Morgan fingerprint density at radius 2 is 1.78 bits per heavy atom. The van der Waals surface area contributed by atoms with Crippen molar-refractivity contribution in [3.8, 4) is 0 Å². The van der Waals surface area contributed by atoms with Crippen LogP contribution in [0.5, 0.6) is 0 Å². The predicted molar refractivity (Wildman–Crippen MR) is 105 cm³/mol. The van der Waals surface area contributed by atoms with Crippen molar-refractivity contribution in [2.75, 3.05) is 13.1 Å². The summed E-state index contributed by atoms with van der Waals surface area (Å²) in [7, 11) is 0. The summed E-state index contributed by atoms with van der Waals surface area (Å²) in [6.45, 7) is 2.82. The van der Waals surface area contributed by atoms with Crippen molar-refractivity contribution in [1.29, 1.82) is 0 Å². The van der Waals surface area contributed by atoms with Crippen LogP contribution < -0.4 is 5.32 Å². The number of likely N-dealkylation sites (tertiary alicyclic amines) is 1. The van der Waals surface area contributed by atoms with Crippen molar-refractivity contribution < 1.29 is 9.18 Å². The van der Waals surface area contributed by atoms with Gasteiger partial charge in [-0.15, -0.1) is 0 Å². The molecule has 3 nitrogen and oxygen atoms in total. The molecule has 0 bridgehead atoms. The fraction of sp³-hybridized carbons (Fsp3) is 0.435. The fourth-order valence-corrected chi connectivity index (χ4v) is 4.65. The van der Waals surface area contributed by atoms with E-state index in [0.29, 0.717) is 0 Å². The lowest BCUT2D eigenvalue weighted by Gasteiger charge is -2.30. The molecule has 2 aromatic rings. The molecule has 4 heteroatoms. The predicted octanol–water partition coefficient (Wildman–Crippen LogP) is 4.03. The molecular formula is C23H27FN2O. The van der Waals surface area contributed by atoms with E-state index in [1.165, 1.54) is 17.7 Å². The molecule has 1 heterocycles. The second kappa shape index (κ2) is 7.81. The molecule has 1 aliphatic heterocycles. The highest BCUT2D eigenvalue weighted by atomic mass is 19.1. The number of halogens is 1. The van der Waals surface area contributed by atoms with Gasteiger partial charge >= 0.3 is 0 Å². The van der Waals surface area contributed by atoms with Crippen molar-refractivity contribution in [1.82, 2.24) is 10.2 Å². The molecule has 4 rings (SSSR count). The number of benzene rings is 2. The third-order valence-corrected chi connectivity index (χ3v) is 6.15. The third kappa shape index (κ3) is 3.91. The van der Waals surface area contributed by atoms with Gasteiger partial charge in [0.1, 0.15) is 5.82 Å². The summed E-state index contributed by atoms with van der Waals surface area (Å²) in [5.41, 5.74) is 1.78. The molecule has 1 aliphatic carbocycles. The van der Waals surface area contributed by atoms with Gasteiger partial charge in [-0.3, -0.25) is 9.69 Å². The minimum atomic E-state index is -0.486. The minimum Gasteiger partial charge on any atom is -0.351 e. The Hall–Kier alpha value is -2.20. The molecule has 1 N–H and O–H groups in total. The van der Waals surface area contributed by atoms with E-state index < -0.39 is 5.41 Å². The molecule has 0 radical (unpaired) electrons. The maximum Gasteiger partial charge on any atom is 0.230 e. The minimum absolute atomic E-state index is 0.123. The molecule has 1 saturated carbocycles. The molecule has 0 spiro atoms. The summed E-state index contributed by atoms with van der Waals surface area (Å²) in [4.78, 5) is 15.7. The van der Waals surface area contributed by atoms with Crippen LogP contribution >= 0.6 is 0 Å². The van der Waals surface area contributed by atoms with E-state index in [9.17, 15) is 9.18 Å². The quantitative estimate of drug-likeness (QED) is 0.867. The number of rotatable bonds is 5. The molecule has 2 fully saturated rings. The second-order valence-corrected chi connectivity index (χ2v) is 7.98. The SMILES string of the molecule is O=C(N[C@H]1CCN(Cc2ccccc2)C1)C1(c2ccc(F)cc2)CCCC1. The monoisotopic (exact) mass is 366 g/mol. The van der Waals surface area contributed by atoms with Crippen LogP contribution in [0.15, 0.2) is 54.6 Å². The Morgan fingerprint density at radius 3 is 2.48 bits per heavy atom. The maximum atomic E-state index is 13.3. The van der Waals surface area contributed by atoms with Crippen LogP contribution in [0.3, 0.4) is 0 Å². The highest BCUT2D eigenvalue weighted by molar-refractivity contribution is 5.88. The summed E-state index contributed by atoms with van der Waals surface area (Å²) in [5, 5.41) is 3.32. The third-order valence-electron chi connectivity index (χ3n) is 6.15. The van der Waals surface area contributed by atoms with Gasteiger partial charge in [0.2, 0.25) is 5.91 Å². The Labute approximate surface area is 160 Å². The Bertz CT molecular complexity index is 769. The topological polar surface area (TPSA) is 32.3 Å². The smallest absolute Gasteiger partial charge is 0.230 e.